The Labute approximate surface area is 179 Å². The fraction of sp³-hybridized carbons (Fsp3) is 0.217. The van der Waals surface area contributed by atoms with Crippen molar-refractivity contribution < 1.29 is 19.1 Å². The normalized spacial score (nSPS) is 10.4. The number of aryl methyl sites for hydroxylation is 1. The molecule has 3 rings (SSSR count). The molecule has 0 atom stereocenters. The van der Waals surface area contributed by atoms with Crippen molar-refractivity contribution in [2.75, 3.05) is 23.8 Å². The van der Waals surface area contributed by atoms with Gasteiger partial charge in [0.15, 0.2) is 0 Å². The Bertz CT molecular complexity index is 1030. The SMILES string of the molecule is CCOc1cc(NC(=O)c2ccc(C)s2)c(OCC)cc1NC(=O)c1ccccc1. The summed E-state index contributed by atoms with van der Waals surface area (Å²) in [7, 11) is 0. The smallest absolute Gasteiger partial charge is 0.265 e. The predicted molar refractivity (Wildman–Crippen MR) is 120 cm³/mol. The summed E-state index contributed by atoms with van der Waals surface area (Å²) >= 11 is 1.42. The lowest BCUT2D eigenvalue weighted by molar-refractivity contribution is 0.101. The summed E-state index contributed by atoms with van der Waals surface area (Å²) in [6.07, 6.45) is 0. The van der Waals surface area contributed by atoms with Gasteiger partial charge in [-0.1, -0.05) is 18.2 Å². The molecule has 0 aliphatic heterocycles. The Morgan fingerprint density at radius 2 is 1.40 bits per heavy atom. The zero-order valence-corrected chi connectivity index (χ0v) is 18.0. The molecular weight excluding hydrogens is 400 g/mol. The summed E-state index contributed by atoms with van der Waals surface area (Å²) < 4.78 is 11.4. The van der Waals surface area contributed by atoms with Gasteiger partial charge in [0.25, 0.3) is 11.8 Å². The van der Waals surface area contributed by atoms with Crippen LogP contribution in [0.25, 0.3) is 0 Å². The van der Waals surface area contributed by atoms with Gasteiger partial charge >= 0.3 is 0 Å². The highest BCUT2D eigenvalue weighted by molar-refractivity contribution is 7.14. The number of rotatable bonds is 8. The summed E-state index contributed by atoms with van der Waals surface area (Å²) in [6, 6.07) is 15.9. The Morgan fingerprint density at radius 1 is 0.833 bits per heavy atom. The van der Waals surface area contributed by atoms with Crippen LogP contribution >= 0.6 is 11.3 Å². The van der Waals surface area contributed by atoms with Crippen LogP contribution in [0.4, 0.5) is 11.4 Å². The van der Waals surface area contributed by atoms with Gasteiger partial charge in [0.1, 0.15) is 11.5 Å². The number of hydrogen-bond acceptors (Lipinski definition) is 5. The van der Waals surface area contributed by atoms with E-state index < -0.39 is 0 Å². The number of carbonyl (C=O) groups is 2. The van der Waals surface area contributed by atoms with Crippen molar-refractivity contribution in [1.29, 1.82) is 0 Å². The van der Waals surface area contributed by atoms with E-state index in [1.165, 1.54) is 11.3 Å². The standard InChI is InChI=1S/C23H24N2O4S/c1-4-28-19-14-18(25-23(27)21-12-11-15(3)30-21)20(29-5-2)13-17(19)24-22(26)16-9-7-6-8-10-16/h6-14H,4-5H2,1-3H3,(H,24,26)(H,25,27). The fourth-order valence-electron chi connectivity index (χ4n) is 2.83. The Kier molecular flexibility index (Phi) is 7.08. The van der Waals surface area contributed by atoms with E-state index in [1.54, 1.807) is 42.5 Å². The van der Waals surface area contributed by atoms with Crippen molar-refractivity contribution in [1.82, 2.24) is 0 Å². The average molecular weight is 425 g/mol. The maximum atomic E-state index is 12.6. The van der Waals surface area contributed by atoms with Gasteiger partial charge in [0, 0.05) is 22.6 Å². The van der Waals surface area contributed by atoms with E-state index in [1.807, 2.05) is 32.9 Å². The molecule has 2 amide bonds. The predicted octanol–water partition coefficient (Wildman–Crippen LogP) is 5.36. The van der Waals surface area contributed by atoms with Crippen LogP contribution in [0.2, 0.25) is 0 Å². The molecule has 0 aliphatic carbocycles. The lowest BCUT2D eigenvalue weighted by Gasteiger charge is -2.17. The van der Waals surface area contributed by atoms with Gasteiger partial charge in [0.05, 0.1) is 29.5 Å². The van der Waals surface area contributed by atoms with Crippen molar-refractivity contribution in [2.24, 2.45) is 0 Å². The monoisotopic (exact) mass is 424 g/mol. The second-order valence-corrected chi connectivity index (χ2v) is 7.68. The van der Waals surface area contributed by atoms with E-state index in [-0.39, 0.29) is 11.8 Å². The topological polar surface area (TPSA) is 76.7 Å². The van der Waals surface area contributed by atoms with Gasteiger partial charge in [0.2, 0.25) is 0 Å². The fourth-order valence-corrected chi connectivity index (χ4v) is 3.59. The maximum absolute atomic E-state index is 12.6. The number of benzene rings is 2. The first kappa shape index (κ1) is 21.4. The summed E-state index contributed by atoms with van der Waals surface area (Å²) in [6.45, 7) is 6.46. The molecule has 0 saturated heterocycles. The molecule has 0 fully saturated rings. The van der Waals surface area contributed by atoms with Crippen molar-refractivity contribution in [3.63, 3.8) is 0 Å². The van der Waals surface area contributed by atoms with Crippen LogP contribution in [0.5, 0.6) is 11.5 Å². The van der Waals surface area contributed by atoms with Crippen molar-refractivity contribution in [3.8, 4) is 11.5 Å². The van der Waals surface area contributed by atoms with Gasteiger partial charge < -0.3 is 20.1 Å². The van der Waals surface area contributed by atoms with E-state index >= 15 is 0 Å². The van der Waals surface area contributed by atoms with E-state index in [0.717, 1.165) is 4.88 Å². The zero-order chi connectivity index (χ0) is 21.5. The molecule has 7 heteroatoms. The summed E-state index contributed by atoms with van der Waals surface area (Å²) in [5.41, 5.74) is 1.48. The Morgan fingerprint density at radius 3 is 1.90 bits per heavy atom. The molecule has 0 saturated carbocycles. The minimum Gasteiger partial charge on any atom is -0.492 e. The number of amides is 2. The van der Waals surface area contributed by atoms with Gasteiger partial charge in [-0.05, 0) is 45.0 Å². The molecule has 6 nitrogen and oxygen atoms in total. The molecular formula is C23H24N2O4S. The quantitative estimate of drug-likeness (QED) is 0.510. The minimum atomic E-state index is -0.259. The van der Waals surface area contributed by atoms with Crippen LogP contribution in [0.3, 0.4) is 0 Å². The number of anilines is 2. The van der Waals surface area contributed by atoms with E-state index in [2.05, 4.69) is 10.6 Å². The zero-order valence-electron chi connectivity index (χ0n) is 17.2. The number of thiophene rings is 1. The molecule has 0 unspecified atom stereocenters. The molecule has 0 radical (unpaired) electrons. The van der Waals surface area contributed by atoms with E-state index in [4.69, 9.17) is 9.47 Å². The van der Waals surface area contributed by atoms with Gasteiger partial charge in [-0.2, -0.15) is 0 Å². The van der Waals surface area contributed by atoms with Gasteiger partial charge in [-0.15, -0.1) is 11.3 Å². The highest BCUT2D eigenvalue weighted by Crippen LogP contribution is 2.37. The third-order valence-corrected chi connectivity index (χ3v) is 5.18. The van der Waals surface area contributed by atoms with Crippen LogP contribution < -0.4 is 20.1 Å². The first-order valence-corrected chi connectivity index (χ1v) is 10.5. The molecule has 0 spiro atoms. The summed E-state index contributed by atoms with van der Waals surface area (Å²) in [5, 5.41) is 5.76. The Balaban J connectivity index is 1.92. The lowest BCUT2D eigenvalue weighted by atomic mass is 10.2. The molecule has 1 aromatic heterocycles. The van der Waals surface area contributed by atoms with Gasteiger partial charge in [-0.3, -0.25) is 9.59 Å². The molecule has 0 aliphatic rings. The summed E-state index contributed by atoms with van der Waals surface area (Å²) in [4.78, 5) is 26.9. The second-order valence-electron chi connectivity index (χ2n) is 6.40. The van der Waals surface area contributed by atoms with E-state index in [0.29, 0.717) is 46.5 Å². The third-order valence-electron chi connectivity index (χ3n) is 4.18. The third kappa shape index (κ3) is 5.18. The highest BCUT2D eigenvalue weighted by Gasteiger charge is 2.18. The maximum Gasteiger partial charge on any atom is 0.265 e. The number of ether oxygens (including phenoxy) is 2. The number of hydrogen-bond donors (Lipinski definition) is 2. The van der Waals surface area contributed by atoms with E-state index in [9.17, 15) is 9.59 Å². The first-order valence-electron chi connectivity index (χ1n) is 9.69. The largest absolute Gasteiger partial charge is 0.492 e. The van der Waals surface area contributed by atoms with Crippen LogP contribution in [0.1, 0.15) is 38.8 Å². The minimum absolute atomic E-state index is 0.224. The second kappa shape index (κ2) is 9.93. The average Bonchev–Trinajstić information content (AvgIpc) is 3.18. The van der Waals surface area contributed by atoms with Crippen LogP contribution in [0, 0.1) is 6.92 Å². The van der Waals surface area contributed by atoms with Crippen LogP contribution in [0.15, 0.2) is 54.6 Å². The molecule has 3 aromatic rings. The van der Waals surface area contributed by atoms with Gasteiger partial charge in [-0.25, -0.2) is 0 Å². The van der Waals surface area contributed by atoms with Crippen molar-refractivity contribution >= 4 is 34.5 Å². The molecule has 30 heavy (non-hydrogen) atoms. The van der Waals surface area contributed by atoms with Crippen LogP contribution in [-0.4, -0.2) is 25.0 Å². The molecule has 156 valence electrons. The molecule has 2 aromatic carbocycles. The highest BCUT2D eigenvalue weighted by atomic mass is 32.1. The molecule has 2 N–H and O–H groups in total. The molecule has 1 heterocycles. The van der Waals surface area contributed by atoms with Crippen molar-refractivity contribution in [2.45, 2.75) is 20.8 Å². The summed E-state index contributed by atoms with van der Waals surface area (Å²) in [5.74, 6) is 0.413. The van der Waals surface area contributed by atoms with Crippen molar-refractivity contribution in [3.05, 3.63) is 69.9 Å². The first-order chi connectivity index (χ1) is 14.5. The Hall–Kier alpha value is -3.32. The number of carbonyl (C=O) groups excluding carboxylic acids is 2. The van der Waals surface area contributed by atoms with Crippen LogP contribution in [-0.2, 0) is 0 Å². The lowest BCUT2D eigenvalue weighted by Crippen LogP contribution is -2.15. The number of nitrogens with one attached hydrogen (secondary N) is 2. The molecule has 0 bridgehead atoms.